The molecule has 3 rings (SSSR count). The molecule has 1 aliphatic carbocycles. The van der Waals surface area contributed by atoms with E-state index in [1.54, 1.807) is 0 Å². The molecular formula is C20H27NO2. The van der Waals surface area contributed by atoms with Crippen LogP contribution in [0.2, 0.25) is 0 Å². The van der Waals surface area contributed by atoms with E-state index in [4.69, 9.17) is 0 Å². The Hall–Kier alpha value is -1.77. The Labute approximate surface area is 138 Å². The third-order valence-electron chi connectivity index (χ3n) is 5.42. The minimum atomic E-state index is -0.196. The van der Waals surface area contributed by atoms with Crippen LogP contribution in [0.3, 0.4) is 0 Å². The quantitative estimate of drug-likeness (QED) is 0.602. The Bertz CT molecular complexity index is 651. The van der Waals surface area contributed by atoms with E-state index in [9.17, 15) is 10.2 Å². The summed E-state index contributed by atoms with van der Waals surface area (Å²) >= 11 is 0. The topological polar surface area (TPSA) is 52.8 Å². The predicted molar refractivity (Wildman–Crippen MR) is 94.6 cm³/mol. The fraction of sp³-hybridized carbons (Fsp3) is 0.550. The third kappa shape index (κ3) is 2.89. The lowest BCUT2D eigenvalue weighted by Gasteiger charge is -2.31. The number of hydrogen-bond acceptors (Lipinski definition) is 3. The number of aryl methyl sites for hydroxylation is 1. The number of unbranched alkanes of at least 4 members (excludes halogenated alkanes) is 2. The van der Waals surface area contributed by atoms with Crippen LogP contribution in [0.15, 0.2) is 28.8 Å². The number of rotatable bonds is 5. The molecule has 3 heteroatoms. The number of allylic oxidation sites excluding steroid dienone is 1. The second kappa shape index (κ2) is 6.03. The molecule has 0 unspecified atom stereocenters. The zero-order chi connectivity index (χ0) is 16.6. The van der Waals surface area contributed by atoms with Gasteiger partial charge in [0.15, 0.2) is 0 Å². The number of phenols is 2. The van der Waals surface area contributed by atoms with Gasteiger partial charge in [0.1, 0.15) is 17.0 Å². The van der Waals surface area contributed by atoms with E-state index in [-0.39, 0.29) is 23.0 Å². The predicted octanol–water partition coefficient (Wildman–Crippen LogP) is 4.87. The lowest BCUT2D eigenvalue weighted by Crippen LogP contribution is -2.30. The molecule has 1 spiro atoms. The van der Waals surface area contributed by atoms with E-state index in [2.05, 4.69) is 31.8 Å². The number of hydrogen-bond donors (Lipinski definition) is 2. The van der Waals surface area contributed by atoms with Crippen LogP contribution in [-0.2, 0) is 6.42 Å². The Kier molecular flexibility index (Phi) is 4.22. The fourth-order valence-electron chi connectivity index (χ4n) is 3.94. The smallest absolute Gasteiger partial charge is 0.123 e. The van der Waals surface area contributed by atoms with Gasteiger partial charge in [-0.25, -0.2) is 0 Å². The molecule has 3 nitrogen and oxygen atoms in total. The second-order valence-electron chi connectivity index (χ2n) is 7.14. The Balaban J connectivity index is 1.89. The van der Waals surface area contributed by atoms with Crippen LogP contribution < -0.4 is 0 Å². The van der Waals surface area contributed by atoms with Gasteiger partial charge in [-0.2, -0.15) is 0 Å². The van der Waals surface area contributed by atoms with Gasteiger partial charge >= 0.3 is 0 Å². The van der Waals surface area contributed by atoms with Crippen molar-refractivity contribution in [1.82, 2.24) is 0 Å². The molecular weight excluding hydrogens is 286 g/mol. The summed E-state index contributed by atoms with van der Waals surface area (Å²) in [5.41, 5.74) is 3.94. The molecule has 0 saturated heterocycles. The van der Waals surface area contributed by atoms with Gasteiger partial charge < -0.3 is 10.2 Å². The molecule has 2 aliphatic rings. The standard InChI is InChI=1S/C20H27NO2/c1-4-5-6-7-15-11-17(22)19(18(23)12-15)16-10-13(2)8-9-20(16)14(3)21-20/h8,11-12,16,22-23H,4-7,9-10H2,1-3H3/t16-,20+/m0/s1. The van der Waals surface area contributed by atoms with Crippen molar-refractivity contribution in [2.75, 3.05) is 0 Å². The highest BCUT2D eigenvalue weighted by molar-refractivity contribution is 6.05. The molecule has 1 aromatic rings. The molecule has 0 aromatic heterocycles. The van der Waals surface area contributed by atoms with E-state index in [1.807, 2.05) is 12.1 Å². The van der Waals surface area contributed by atoms with Crippen LogP contribution in [0.1, 0.15) is 69.9 Å². The Morgan fingerprint density at radius 2 is 1.83 bits per heavy atom. The SMILES string of the molecule is CCCCCc1cc(O)c([C@@H]2CC(C)=CC[C@]23N=C3C)c(O)c1. The maximum Gasteiger partial charge on any atom is 0.123 e. The molecule has 0 amide bonds. The highest BCUT2D eigenvalue weighted by Gasteiger charge is 2.53. The van der Waals surface area contributed by atoms with E-state index >= 15 is 0 Å². The Morgan fingerprint density at radius 1 is 1.17 bits per heavy atom. The van der Waals surface area contributed by atoms with E-state index in [0.717, 1.165) is 37.0 Å². The average molecular weight is 313 g/mol. The molecule has 124 valence electrons. The van der Waals surface area contributed by atoms with Crippen molar-refractivity contribution in [3.8, 4) is 11.5 Å². The molecule has 1 heterocycles. The summed E-state index contributed by atoms with van der Waals surface area (Å²) in [6, 6.07) is 3.67. The van der Waals surface area contributed by atoms with Crippen molar-refractivity contribution in [3.05, 3.63) is 34.9 Å². The molecule has 1 aromatic carbocycles. The molecule has 0 saturated carbocycles. The number of nitrogens with zero attached hydrogens (tertiary/aromatic N) is 1. The minimum Gasteiger partial charge on any atom is -0.508 e. The van der Waals surface area contributed by atoms with Crippen LogP contribution in [0.25, 0.3) is 0 Å². The molecule has 2 atom stereocenters. The largest absolute Gasteiger partial charge is 0.508 e. The zero-order valence-corrected chi connectivity index (χ0v) is 14.4. The normalized spacial score (nSPS) is 26.1. The van der Waals surface area contributed by atoms with Gasteiger partial charge in [-0.3, -0.25) is 4.99 Å². The maximum atomic E-state index is 10.6. The monoisotopic (exact) mass is 313 g/mol. The number of aliphatic imine (C=N–C) groups is 1. The summed E-state index contributed by atoms with van der Waals surface area (Å²) < 4.78 is 0. The first-order valence-corrected chi connectivity index (χ1v) is 8.75. The number of benzene rings is 1. The highest BCUT2D eigenvalue weighted by Crippen LogP contribution is 2.54. The van der Waals surface area contributed by atoms with Gasteiger partial charge in [-0.1, -0.05) is 31.4 Å². The molecule has 0 fully saturated rings. The fourth-order valence-corrected chi connectivity index (χ4v) is 3.94. The third-order valence-corrected chi connectivity index (χ3v) is 5.42. The summed E-state index contributed by atoms with van der Waals surface area (Å²) in [5, 5.41) is 21.2. The molecule has 0 radical (unpaired) electrons. The van der Waals surface area contributed by atoms with Crippen molar-refractivity contribution in [1.29, 1.82) is 0 Å². The summed E-state index contributed by atoms with van der Waals surface area (Å²) in [5.74, 6) is 0.508. The van der Waals surface area contributed by atoms with Gasteiger partial charge in [-0.15, -0.1) is 0 Å². The summed E-state index contributed by atoms with van der Waals surface area (Å²) in [7, 11) is 0. The maximum absolute atomic E-state index is 10.6. The van der Waals surface area contributed by atoms with Crippen molar-refractivity contribution < 1.29 is 10.2 Å². The minimum absolute atomic E-state index is 0.0530. The Morgan fingerprint density at radius 3 is 2.39 bits per heavy atom. The van der Waals surface area contributed by atoms with Gasteiger partial charge in [0.05, 0.1) is 0 Å². The summed E-state index contributed by atoms with van der Waals surface area (Å²) in [6.45, 7) is 6.34. The molecule has 23 heavy (non-hydrogen) atoms. The zero-order valence-electron chi connectivity index (χ0n) is 14.4. The van der Waals surface area contributed by atoms with Crippen molar-refractivity contribution >= 4 is 5.71 Å². The first-order valence-electron chi connectivity index (χ1n) is 8.75. The number of phenolic OH excluding ortho intramolecular Hbond substituents is 2. The van der Waals surface area contributed by atoms with Crippen LogP contribution >= 0.6 is 0 Å². The lowest BCUT2D eigenvalue weighted by molar-refractivity contribution is 0.401. The van der Waals surface area contributed by atoms with Crippen molar-refractivity contribution in [2.45, 2.75) is 70.8 Å². The second-order valence-corrected chi connectivity index (χ2v) is 7.14. The summed E-state index contributed by atoms with van der Waals surface area (Å²) in [4.78, 5) is 4.65. The molecule has 1 aliphatic heterocycles. The van der Waals surface area contributed by atoms with Gasteiger partial charge in [0.2, 0.25) is 0 Å². The van der Waals surface area contributed by atoms with Crippen molar-refractivity contribution in [3.63, 3.8) is 0 Å². The van der Waals surface area contributed by atoms with Gasteiger partial charge in [0.25, 0.3) is 0 Å². The molecule has 2 N–H and O–H groups in total. The van der Waals surface area contributed by atoms with E-state index in [0.29, 0.717) is 5.56 Å². The lowest BCUT2D eigenvalue weighted by atomic mass is 9.72. The molecule has 0 bridgehead atoms. The summed E-state index contributed by atoms with van der Waals surface area (Å²) in [6.07, 6.45) is 8.30. The number of aromatic hydroxyl groups is 2. The van der Waals surface area contributed by atoms with Gasteiger partial charge in [0, 0.05) is 17.2 Å². The van der Waals surface area contributed by atoms with E-state index < -0.39 is 0 Å². The highest BCUT2D eigenvalue weighted by atomic mass is 16.3. The average Bonchev–Trinajstić information content (AvgIpc) is 3.13. The van der Waals surface area contributed by atoms with Crippen LogP contribution in [0.5, 0.6) is 11.5 Å². The van der Waals surface area contributed by atoms with Crippen LogP contribution in [0, 0.1) is 0 Å². The van der Waals surface area contributed by atoms with Crippen LogP contribution in [-0.4, -0.2) is 21.5 Å². The first-order chi connectivity index (χ1) is 11.0. The first kappa shape index (κ1) is 16.1. The van der Waals surface area contributed by atoms with Crippen LogP contribution in [0.4, 0.5) is 0 Å². The van der Waals surface area contributed by atoms with Gasteiger partial charge in [-0.05, 0) is 57.2 Å². The van der Waals surface area contributed by atoms with Crippen molar-refractivity contribution in [2.24, 2.45) is 4.99 Å². The van der Waals surface area contributed by atoms with E-state index in [1.165, 1.54) is 18.4 Å².